The van der Waals surface area contributed by atoms with Crippen LogP contribution in [0.1, 0.15) is 44.6 Å². The highest BCUT2D eigenvalue weighted by Crippen LogP contribution is 2.20. The van der Waals surface area contributed by atoms with E-state index in [1.807, 2.05) is 37.3 Å². The van der Waals surface area contributed by atoms with Crippen molar-refractivity contribution in [3.05, 3.63) is 35.9 Å². The van der Waals surface area contributed by atoms with Crippen LogP contribution in [0.3, 0.4) is 0 Å². The summed E-state index contributed by atoms with van der Waals surface area (Å²) in [5.41, 5.74) is 1.16. The Morgan fingerprint density at radius 2 is 2.00 bits per heavy atom. The topological polar surface area (TPSA) is 49.3 Å². The molecular weight excluding hydrogens is 226 g/mol. The third kappa shape index (κ3) is 5.32. The molecule has 0 aliphatic carbocycles. The van der Waals surface area contributed by atoms with E-state index in [1.165, 1.54) is 0 Å². The lowest BCUT2D eigenvalue weighted by Crippen LogP contribution is -2.29. The molecule has 2 N–H and O–H groups in total. The van der Waals surface area contributed by atoms with Crippen LogP contribution in [0.4, 0.5) is 0 Å². The Kier molecular flexibility index (Phi) is 6.44. The third-order valence-corrected chi connectivity index (χ3v) is 2.92. The minimum Gasteiger partial charge on any atom is -0.393 e. The van der Waals surface area contributed by atoms with Crippen molar-refractivity contribution in [1.82, 2.24) is 5.32 Å². The summed E-state index contributed by atoms with van der Waals surface area (Å²) in [6, 6.07) is 10.0. The molecule has 1 rings (SSSR count). The number of hydrogen-bond donors (Lipinski definition) is 2. The smallest absolute Gasteiger partial charge is 0.220 e. The number of aliphatic hydroxyl groups excluding tert-OH is 1. The summed E-state index contributed by atoms with van der Waals surface area (Å²) in [7, 11) is 0. The Morgan fingerprint density at radius 3 is 2.56 bits per heavy atom. The summed E-state index contributed by atoms with van der Waals surface area (Å²) in [4.78, 5) is 11.5. The molecule has 0 saturated heterocycles. The number of nitrogens with one attached hydrogen (secondary N) is 1. The van der Waals surface area contributed by atoms with Crippen LogP contribution in [0.25, 0.3) is 0 Å². The van der Waals surface area contributed by atoms with Gasteiger partial charge in [0.2, 0.25) is 5.91 Å². The van der Waals surface area contributed by atoms with Crippen molar-refractivity contribution in [1.29, 1.82) is 0 Å². The van der Waals surface area contributed by atoms with Gasteiger partial charge in [-0.3, -0.25) is 4.79 Å². The van der Waals surface area contributed by atoms with Crippen molar-refractivity contribution < 1.29 is 9.90 Å². The summed E-state index contributed by atoms with van der Waals surface area (Å²) >= 11 is 0. The zero-order valence-corrected chi connectivity index (χ0v) is 11.2. The number of rotatable bonds is 7. The van der Waals surface area contributed by atoms with E-state index >= 15 is 0 Å². The van der Waals surface area contributed by atoms with Crippen LogP contribution in [0, 0.1) is 0 Å². The van der Waals surface area contributed by atoms with Crippen molar-refractivity contribution in [3.8, 4) is 0 Å². The number of amides is 1. The SMILES string of the molecule is CCCC(=O)NCC(CC(C)O)c1ccccc1. The van der Waals surface area contributed by atoms with E-state index in [4.69, 9.17) is 0 Å². The molecule has 0 saturated carbocycles. The predicted molar refractivity (Wildman–Crippen MR) is 73.4 cm³/mol. The summed E-state index contributed by atoms with van der Waals surface area (Å²) in [5, 5.41) is 12.5. The molecule has 2 unspecified atom stereocenters. The molecule has 0 fully saturated rings. The maximum absolute atomic E-state index is 11.5. The average molecular weight is 249 g/mol. The molecule has 1 amide bonds. The highest BCUT2D eigenvalue weighted by Gasteiger charge is 2.14. The van der Waals surface area contributed by atoms with Crippen LogP contribution in [0.15, 0.2) is 30.3 Å². The molecule has 3 heteroatoms. The molecule has 2 atom stereocenters. The standard InChI is InChI=1S/C15H23NO2/c1-3-7-15(18)16-11-14(10-12(2)17)13-8-5-4-6-9-13/h4-6,8-9,12,14,17H,3,7,10-11H2,1-2H3,(H,16,18). The Labute approximate surface area is 109 Å². The van der Waals surface area contributed by atoms with E-state index < -0.39 is 0 Å². The largest absolute Gasteiger partial charge is 0.393 e. The lowest BCUT2D eigenvalue weighted by atomic mass is 9.93. The molecule has 1 aromatic rings. The monoisotopic (exact) mass is 249 g/mol. The zero-order valence-electron chi connectivity index (χ0n) is 11.2. The van der Waals surface area contributed by atoms with Gasteiger partial charge in [0.15, 0.2) is 0 Å². The third-order valence-electron chi connectivity index (χ3n) is 2.92. The lowest BCUT2D eigenvalue weighted by Gasteiger charge is -2.19. The second-order valence-electron chi connectivity index (χ2n) is 4.75. The molecule has 18 heavy (non-hydrogen) atoms. The van der Waals surface area contributed by atoms with Crippen molar-refractivity contribution in [2.45, 2.75) is 45.1 Å². The Balaban J connectivity index is 2.59. The van der Waals surface area contributed by atoms with E-state index in [2.05, 4.69) is 5.32 Å². The quantitative estimate of drug-likeness (QED) is 0.780. The van der Waals surface area contributed by atoms with Crippen LogP contribution >= 0.6 is 0 Å². The van der Waals surface area contributed by atoms with Gasteiger partial charge >= 0.3 is 0 Å². The van der Waals surface area contributed by atoms with Gasteiger partial charge in [0.05, 0.1) is 6.10 Å². The number of hydrogen-bond acceptors (Lipinski definition) is 2. The van der Waals surface area contributed by atoms with Crippen molar-refractivity contribution >= 4 is 5.91 Å². The minimum absolute atomic E-state index is 0.0871. The molecule has 0 heterocycles. The van der Waals surface area contributed by atoms with Crippen molar-refractivity contribution in [3.63, 3.8) is 0 Å². The molecule has 0 aromatic heterocycles. The molecule has 3 nitrogen and oxygen atoms in total. The van der Waals surface area contributed by atoms with E-state index in [-0.39, 0.29) is 17.9 Å². The first-order valence-electron chi connectivity index (χ1n) is 6.63. The Bertz CT molecular complexity index is 349. The molecule has 0 aliphatic rings. The van der Waals surface area contributed by atoms with Crippen molar-refractivity contribution in [2.24, 2.45) is 0 Å². The molecule has 0 bridgehead atoms. The van der Waals surface area contributed by atoms with Gasteiger partial charge in [-0.15, -0.1) is 0 Å². The summed E-state index contributed by atoms with van der Waals surface area (Å²) < 4.78 is 0. The average Bonchev–Trinajstić information content (AvgIpc) is 2.35. The molecular formula is C15H23NO2. The number of aliphatic hydroxyl groups is 1. The molecule has 0 spiro atoms. The van der Waals surface area contributed by atoms with Crippen LogP contribution in [0.2, 0.25) is 0 Å². The first kappa shape index (κ1) is 14.7. The Hall–Kier alpha value is -1.35. The molecule has 0 aliphatic heterocycles. The predicted octanol–water partition coefficient (Wildman–Crippen LogP) is 2.46. The summed E-state index contributed by atoms with van der Waals surface area (Å²) in [6.45, 7) is 4.36. The summed E-state index contributed by atoms with van der Waals surface area (Å²) in [6.07, 6.45) is 1.73. The van der Waals surface area contributed by atoms with E-state index in [9.17, 15) is 9.90 Å². The van der Waals surface area contributed by atoms with Crippen molar-refractivity contribution in [2.75, 3.05) is 6.54 Å². The molecule has 0 radical (unpaired) electrons. The maximum atomic E-state index is 11.5. The first-order valence-corrected chi connectivity index (χ1v) is 6.63. The lowest BCUT2D eigenvalue weighted by molar-refractivity contribution is -0.121. The fourth-order valence-electron chi connectivity index (χ4n) is 2.03. The van der Waals surface area contributed by atoms with Gasteiger partial charge in [-0.25, -0.2) is 0 Å². The van der Waals surface area contributed by atoms with Gasteiger partial charge in [-0.1, -0.05) is 37.3 Å². The maximum Gasteiger partial charge on any atom is 0.220 e. The van der Waals surface area contributed by atoms with Gasteiger partial charge in [0.25, 0.3) is 0 Å². The molecule has 1 aromatic carbocycles. The van der Waals surface area contributed by atoms with Gasteiger partial charge in [-0.2, -0.15) is 0 Å². The fraction of sp³-hybridized carbons (Fsp3) is 0.533. The second-order valence-corrected chi connectivity index (χ2v) is 4.75. The first-order chi connectivity index (χ1) is 8.63. The Morgan fingerprint density at radius 1 is 1.33 bits per heavy atom. The number of benzene rings is 1. The fourth-order valence-corrected chi connectivity index (χ4v) is 2.03. The zero-order chi connectivity index (χ0) is 13.4. The van der Waals surface area contributed by atoms with Gasteiger partial charge < -0.3 is 10.4 Å². The van der Waals surface area contributed by atoms with E-state index in [0.717, 1.165) is 12.0 Å². The van der Waals surface area contributed by atoms with Crippen LogP contribution in [-0.4, -0.2) is 23.7 Å². The van der Waals surface area contributed by atoms with Crippen LogP contribution in [-0.2, 0) is 4.79 Å². The van der Waals surface area contributed by atoms with Gasteiger partial charge in [0.1, 0.15) is 0 Å². The highest BCUT2D eigenvalue weighted by atomic mass is 16.3. The van der Waals surface area contributed by atoms with E-state index in [0.29, 0.717) is 19.4 Å². The number of carbonyl (C=O) groups is 1. The normalized spacial score (nSPS) is 13.9. The van der Waals surface area contributed by atoms with Crippen LogP contribution < -0.4 is 5.32 Å². The van der Waals surface area contributed by atoms with Gasteiger partial charge in [0, 0.05) is 18.9 Å². The van der Waals surface area contributed by atoms with Crippen LogP contribution in [0.5, 0.6) is 0 Å². The highest BCUT2D eigenvalue weighted by molar-refractivity contribution is 5.75. The van der Waals surface area contributed by atoms with E-state index in [1.54, 1.807) is 6.92 Å². The molecule has 100 valence electrons. The second kappa shape index (κ2) is 7.88. The summed E-state index contributed by atoms with van der Waals surface area (Å²) in [5.74, 6) is 0.260. The van der Waals surface area contributed by atoms with Gasteiger partial charge in [-0.05, 0) is 25.3 Å². The minimum atomic E-state index is -0.363. The number of carbonyl (C=O) groups excluding carboxylic acids is 1.